The summed E-state index contributed by atoms with van der Waals surface area (Å²) in [7, 11) is 0. The van der Waals surface area contributed by atoms with Gasteiger partial charge in [0.25, 0.3) is 0 Å². The van der Waals surface area contributed by atoms with E-state index in [0.717, 1.165) is 21.9 Å². The highest BCUT2D eigenvalue weighted by atomic mass is 16.2. The molecule has 3 rings (SSSR count). The van der Waals surface area contributed by atoms with Gasteiger partial charge in [-0.1, -0.05) is 48.5 Å². The Morgan fingerprint density at radius 1 is 1.00 bits per heavy atom. The van der Waals surface area contributed by atoms with Crippen molar-refractivity contribution in [1.29, 1.82) is 0 Å². The molecule has 0 aliphatic heterocycles. The van der Waals surface area contributed by atoms with E-state index in [1.165, 1.54) is 0 Å². The van der Waals surface area contributed by atoms with Gasteiger partial charge in [0, 0.05) is 24.7 Å². The smallest absolute Gasteiger partial charge is 0.244 e. The van der Waals surface area contributed by atoms with E-state index in [-0.39, 0.29) is 24.7 Å². The van der Waals surface area contributed by atoms with Crippen LogP contribution in [0.1, 0.15) is 24.5 Å². The summed E-state index contributed by atoms with van der Waals surface area (Å²) in [4.78, 5) is 28.2. The first-order chi connectivity index (χ1) is 13.6. The third-order valence-corrected chi connectivity index (χ3v) is 4.23. The molecule has 142 valence electrons. The summed E-state index contributed by atoms with van der Waals surface area (Å²) in [5, 5.41) is 8.99. The number of benzene rings is 2. The number of hydrogen-bond donors (Lipinski definition) is 2. The minimum atomic E-state index is -0.216. The SMILES string of the molecule is C/C(CC(=O)NCc1cccnc1)=N\NC(=O)Cc1cccc2ccccc12. The molecular weight excluding hydrogens is 352 g/mol. The summed E-state index contributed by atoms with van der Waals surface area (Å²) in [6.07, 6.45) is 3.73. The van der Waals surface area contributed by atoms with Crippen molar-refractivity contribution in [3.05, 3.63) is 78.1 Å². The summed E-state index contributed by atoms with van der Waals surface area (Å²) < 4.78 is 0. The van der Waals surface area contributed by atoms with E-state index in [1.807, 2.05) is 54.6 Å². The third-order valence-electron chi connectivity index (χ3n) is 4.23. The molecule has 0 bridgehead atoms. The second kappa shape index (κ2) is 9.41. The molecule has 0 radical (unpaired) electrons. The molecule has 2 aromatic carbocycles. The second-order valence-corrected chi connectivity index (χ2v) is 6.51. The normalized spacial score (nSPS) is 11.2. The first kappa shape index (κ1) is 19.2. The summed E-state index contributed by atoms with van der Waals surface area (Å²) >= 11 is 0. The minimum absolute atomic E-state index is 0.120. The molecule has 0 fully saturated rings. The lowest BCUT2D eigenvalue weighted by molar-refractivity contribution is -0.121. The largest absolute Gasteiger partial charge is 0.352 e. The molecule has 0 aliphatic carbocycles. The molecule has 6 heteroatoms. The molecule has 0 spiro atoms. The lowest BCUT2D eigenvalue weighted by Gasteiger charge is -2.07. The van der Waals surface area contributed by atoms with Crippen LogP contribution in [0.3, 0.4) is 0 Å². The number of nitrogens with one attached hydrogen (secondary N) is 2. The Bertz CT molecular complexity index is 994. The molecule has 1 aromatic heterocycles. The van der Waals surface area contributed by atoms with Gasteiger partial charge >= 0.3 is 0 Å². The van der Waals surface area contributed by atoms with E-state index in [1.54, 1.807) is 19.3 Å². The number of carbonyl (C=O) groups is 2. The summed E-state index contributed by atoms with van der Waals surface area (Å²) in [6, 6.07) is 17.5. The first-order valence-corrected chi connectivity index (χ1v) is 9.06. The predicted octanol–water partition coefficient (Wildman–Crippen LogP) is 2.98. The fraction of sp³-hybridized carbons (Fsp3) is 0.182. The zero-order valence-corrected chi connectivity index (χ0v) is 15.7. The van der Waals surface area contributed by atoms with E-state index >= 15 is 0 Å². The standard InChI is InChI=1S/C22H22N4O2/c1-16(12-21(27)24-15-17-6-5-11-23-14-17)25-26-22(28)13-19-9-4-8-18-7-2-3-10-20(18)19/h2-11,14H,12-13,15H2,1H3,(H,24,27)(H,26,28)/b25-16+. The predicted molar refractivity (Wildman–Crippen MR) is 110 cm³/mol. The van der Waals surface area contributed by atoms with Crippen LogP contribution < -0.4 is 10.7 Å². The maximum atomic E-state index is 12.2. The molecule has 3 aromatic rings. The van der Waals surface area contributed by atoms with Crippen molar-refractivity contribution in [3.8, 4) is 0 Å². The van der Waals surface area contributed by atoms with Crippen LogP contribution in [0.2, 0.25) is 0 Å². The Kier molecular flexibility index (Phi) is 6.46. The van der Waals surface area contributed by atoms with Crippen molar-refractivity contribution in [2.75, 3.05) is 0 Å². The number of hydrogen-bond acceptors (Lipinski definition) is 4. The number of rotatable bonds is 7. The number of carbonyl (C=O) groups excluding carboxylic acids is 2. The molecule has 28 heavy (non-hydrogen) atoms. The van der Waals surface area contributed by atoms with Crippen LogP contribution in [0, 0.1) is 0 Å². The number of amides is 2. The number of aromatic nitrogens is 1. The van der Waals surface area contributed by atoms with Gasteiger partial charge in [-0.05, 0) is 34.9 Å². The Hall–Kier alpha value is -3.54. The molecule has 1 heterocycles. The van der Waals surface area contributed by atoms with Crippen LogP contribution in [0.4, 0.5) is 0 Å². The summed E-state index contributed by atoms with van der Waals surface area (Å²) in [5.41, 5.74) is 4.94. The van der Waals surface area contributed by atoms with Gasteiger partial charge in [-0.25, -0.2) is 5.43 Å². The Morgan fingerprint density at radius 2 is 1.82 bits per heavy atom. The highest BCUT2D eigenvalue weighted by Gasteiger charge is 2.08. The van der Waals surface area contributed by atoms with Crippen molar-refractivity contribution >= 4 is 28.3 Å². The van der Waals surface area contributed by atoms with Gasteiger partial charge in [0.15, 0.2) is 0 Å². The number of hydrazone groups is 1. The Labute approximate surface area is 163 Å². The minimum Gasteiger partial charge on any atom is -0.352 e. The molecule has 2 N–H and O–H groups in total. The zero-order chi connectivity index (χ0) is 19.8. The van der Waals surface area contributed by atoms with Gasteiger partial charge in [0.05, 0.1) is 12.8 Å². The van der Waals surface area contributed by atoms with Gasteiger partial charge in [-0.15, -0.1) is 0 Å². The van der Waals surface area contributed by atoms with Crippen LogP contribution in [0.15, 0.2) is 72.1 Å². The lowest BCUT2D eigenvalue weighted by atomic mass is 10.0. The molecule has 0 unspecified atom stereocenters. The molecule has 0 saturated heterocycles. The van der Waals surface area contributed by atoms with Crippen LogP contribution in [0.25, 0.3) is 10.8 Å². The zero-order valence-electron chi connectivity index (χ0n) is 15.7. The topological polar surface area (TPSA) is 83.4 Å². The molecule has 0 aliphatic rings. The van der Waals surface area contributed by atoms with Crippen molar-refractivity contribution in [2.45, 2.75) is 26.3 Å². The van der Waals surface area contributed by atoms with Gasteiger partial charge in [0.1, 0.15) is 0 Å². The van der Waals surface area contributed by atoms with Gasteiger partial charge in [-0.3, -0.25) is 14.6 Å². The maximum absolute atomic E-state index is 12.2. The van der Waals surface area contributed by atoms with Gasteiger partial charge in [-0.2, -0.15) is 5.10 Å². The van der Waals surface area contributed by atoms with Crippen molar-refractivity contribution in [1.82, 2.24) is 15.7 Å². The van der Waals surface area contributed by atoms with Gasteiger partial charge in [0.2, 0.25) is 11.8 Å². The molecule has 6 nitrogen and oxygen atoms in total. The Morgan fingerprint density at radius 3 is 2.64 bits per heavy atom. The third kappa shape index (κ3) is 5.48. The highest BCUT2D eigenvalue weighted by molar-refractivity contribution is 6.00. The van der Waals surface area contributed by atoms with Crippen molar-refractivity contribution in [3.63, 3.8) is 0 Å². The fourth-order valence-electron chi connectivity index (χ4n) is 2.85. The number of nitrogens with zero attached hydrogens (tertiary/aromatic N) is 2. The van der Waals surface area contributed by atoms with E-state index in [2.05, 4.69) is 20.8 Å². The highest BCUT2D eigenvalue weighted by Crippen LogP contribution is 2.18. The monoisotopic (exact) mass is 374 g/mol. The van der Waals surface area contributed by atoms with Crippen LogP contribution >= 0.6 is 0 Å². The average molecular weight is 374 g/mol. The van der Waals surface area contributed by atoms with Crippen molar-refractivity contribution in [2.24, 2.45) is 5.10 Å². The van der Waals surface area contributed by atoms with E-state index in [0.29, 0.717) is 12.3 Å². The molecular formula is C22H22N4O2. The van der Waals surface area contributed by atoms with Crippen LogP contribution in [-0.2, 0) is 22.6 Å². The van der Waals surface area contributed by atoms with E-state index in [9.17, 15) is 9.59 Å². The number of fused-ring (bicyclic) bond motifs is 1. The van der Waals surface area contributed by atoms with Crippen LogP contribution in [0.5, 0.6) is 0 Å². The number of pyridine rings is 1. The van der Waals surface area contributed by atoms with E-state index < -0.39 is 0 Å². The summed E-state index contributed by atoms with van der Waals surface area (Å²) in [5.74, 6) is -0.375. The van der Waals surface area contributed by atoms with Crippen LogP contribution in [-0.4, -0.2) is 22.5 Å². The fourth-order valence-corrected chi connectivity index (χ4v) is 2.85. The maximum Gasteiger partial charge on any atom is 0.244 e. The van der Waals surface area contributed by atoms with Gasteiger partial charge < -0.3 is 5.32 Å². The Balaban J connectivity index is 1.49. The lowest BCUT2D eigenvalue weighted by Crippen LogP contribution is -2.26. The molecule has 0 atom stereocenters. The van der Waals surface area contributed by atoms with E-state index in [4.69, 9.17) is 0 Å². The molecule has 2 amide bonds. The summed E-state index contributed by atoms with van der Waals surface area (Å²) in [6.45, 7) is 2.12. The second-order valence-electron chi connectivity index (χ2n) is 6.51. The average Bonchev–Trinajstić information content (AvgIpc) is 2.72. The quantitative estimate of drug-likeness (QED) is 0.493. The molecule has 0 saturated carbocycles. The van der Waals surface area contributed by atoms with Crippen molar-refractivity contribution < 1.29 is 9.59 Å². The first-order valence-electron chi connectivity index (χ1n) is 9.06.